The van der Waals surface area contributed by atoms with Gasteiger partial charge in [0.1, 0.15) is 27.1 Å². The molecule has 0 saturated heterocycles. The fraction of sp³-hybridized carbons (Fsp3) is 1.00. The maximum atomic E-state index is 4.71. The van der Waals surface area contributed by atoms with Crippen LogP contribution >= 0.6 is 45.6 Å². The lowest BCUT2D eigenvalue weighted by Gasteiger charge is -1.89. The molecule has 0 bridgehead atoms. The van der Waals surface area contributed by atoms with Crippen LogP contribution < -0.4 is 0 Å². The van der Waals surface area contributed by atoms with Crippen LogP contribution in [0, 0.1) is 0 Å². The summed E-state index contributed by atoms with van der Waals surface area (Å²) >= 11 is 4.05. The van der Waals surface area contributed by atoms with Gasteiger partial charge >= 0.3 is 0 Å². The highest BCUT2D eigenvalue weighted by Crippen LogP contribution is 2.03. The minimum absolute atomic E-state index is 0.341. The SMILES string of the molecule is CC(I)OI. The third-order valence-electron chi connectivity index (χ3n) is 0.123. The number of alkyl halides is 1. The summed E-state index contributed by atoms with van der Waals surface area (Å²) in [5.41, 5.74) is 0. The molecule has 0 fully saturated rings. The monoisotopic (exact) mass is 298 g/mol. The van der Waals surface area contributed by atoms with Gasteiger partial charge in [0.2, 0.25) is 0 Å². The lowest BCUT2D eigenvalue weighted by atomic mass is 10.9. The summed E-state index contributed by atoms with van der Waals surface area (Å²) in [7, 11) is 0. The van der Waals surface area contributed by atoms with Crippen LogP contribution in [0.3, 0.4) is 0 Å². The summed E-state index contributed by atoms with van der Waals surface area (Å²) in [4.78, 5) is 0. The Labute approximate surface area is 59.3 Å². The van der Waals surface area contributed by atoms with E-state index in [0.29, 0.717) is 4.11 Å². The molecule has 1 atom stereocenters. The van der Waals surface area contributed by atoms with Crippen LogP contribution in [0.1, 0.15) is 6.92 Å². The minimum Gasteiger partial charge on any atom is -0.302 e. The van der Waals surface area contributed by atoms with Crippen LogP contribution in [0.25, 0.3) is 0 Å². The Morgan fingerprint density at radius 2 is 2.00 bits per heavy atom. The molecule has 0 aromatic carbocycles. The second kappa shape index (κ2) is 3.60. The van der Waals surface area contributed by atoms with Gasteiger partial charge in [-0.2, -0.15) is 0 Å². The first-order chi connectivity index (χ1) is 2.27. The van der Waals surface area contributed by atoms with Crippen LogP contribution in [-0.4, -0.2) is 4.11 Å². The van der Waals surface area contributed by atoms with E-state index in [0.717, 1.165) is 0 Å². The Morgan fingerprint density at radius 1 is 1.80 bits per heavy atom. The van der Waals surface area contributed by atoms with E-state index in [1.165, 1.54) is 0 Å². The average Bonchev–Trinajstić information content (AvgIpc) is 1.38. The molecule has 0 amide bonds. The fourth-order valence-corrected chi connectivity index (χ4v) is 0. The summed E-state index contributed by atoms with van der Waals surface area (Å²) in [5.74, 6) is 0. The Balaban J connectivity index is 2.54. The number of hydrogen-bond acceptors (Lipinski definition) is 1. The normalized spacial score (nSPS) is 15.0. The zero-order valence-corrected chi connectivity index (χ0v) is 7.06. The lowest BCUT2D eigenvalue weighted by Crippen LogP contribution is -1.81. The van der Waals surface area contributed by atoms with Gasteiger partial charge in [-0.3, -0.25) is 0 Å². The van der Waals surface area contributed by atoms with Crippen LogP contribution in [0.4, 0.5) is 0 Å². The molecular weight excluding hydrogens is 294 g/mol. The maximum Gasteiger partial charge on any atom is 0.118 e. The molecule has 0 heterocycles. The predicted octanol–water partition coefficient (Wildman–Crippen LogP) is 2.13. The van der Waals surface area contributed by atoms with Crippen LogP contribution in [0.15, 0.2) is 0 Å². The molecule has 0 aliphatic heterocycles. The molecule has 5 heavy (non-hydrogen) atoms. The Kier molecular flexibility index (Phi) is 4.63. The highest BCUT2D eigenvalue weighted by Gasteiger charge is 1.83. The van der Waals surface area contributed by atoms with Crippen molar-refractivity contribution in [3.05, 3.63) is 0 Å². The van der Waals surface area contributed by atoms with Crippen molar-refractivity contribution in [3.8, 4) is 0 Å². The Morgan fingerprint density at radius 3 is 2.00 bits per heavy atom. The number of hydrogen-bond donors (Lipinski definition) is 0. The van der Waals surface area contributed by atoms with Crippen molar-refractivity contribution < 1.29 is 3.07 Å². The van der Waals surface area contributed by atoms with Gasteiger partial charge in [-0.25, -0.2) is 0 Å². The topological polar surface area (TPSA) is 9.23 Å². The first-order valence-corrected chi connectivity index (χ1v) is 3.31. The molecule has 0 N–H and O–H groups in total. The summed E-state index contributed by atoms with van der Waals surface area (Å²) in [6, 6.07) is 0. The Bertz CT molecular complexity index is 21.6. The van der Waals surface area contributed by atoms with Crippen molar-refractivity contribution in [2.24, 2.45) is 0 Å². The van der Waals surface area contributed by atoms with Gasteiger partial charge in [0.15, 0.2) is 0 Å². The highest BCUT2D eigenvalue weighted by atomic mass is 127. The molecule has 0 spiro atoms. The van der Waals surface area contributed by atoms with E-state index < -0.39 is 0 Å². The van der Waals surface area contributed by atoms with Crippen LogP contribution in [-0.2, 0) is 3.07 Å². The van der Waals surface area contributed by atoms with Crippen molar-refractivity contribution in [1.29, 1.82) is 0 Å². The standard InChI is InChI=1S/C2H4I2O/c1-2(3)5-4/h2H,1H3. The molecular formula is C2H4I2O. The van der Waals surface area contributed by atoms with Gasteiger partial charge in [0.25, 0.3) is 0 Å². The molecule has 0 rings (SSSR count). The summed E-state index contributed by atoms with van der Waals surface area (Å²) in [6.45, 7) is 1.98. The largest absolute Gasteiger partial charge is 0.302 e. The van der Waals surface area contributed by atoms with E-state index in [-0.39, 0.29) is 0 Å². The van der Waals surface area contributed by atoms with Crippen molar-refractivity contribution in [2.45, 2.75) is 11.0 Å². The molecule has 0 aromatic heterocycles. The maximum absolute atomic E-state index is 4.71. The van der Waals surface area contributed by atoms with E-state index in [1.54, 1.807) is 0 Å². The van der Waals surface area contributed by atoms with Crippen molar-refractivity contribution in [1.82, 2.24) is 0 Å². The molecule has 0 aliphatic rings. The minimum atomic E-state index is 0.341. The lowest BCUT2D eigenvalue weighted by molar-refractivity contribution is 0.436. The summed E-state index contributed by atoms with van der Waals surface area (Å²) < 4.78 is 5.05. The Hall–Kier alpha value is 1.42. The molecule has 1 unspecified atom stereocenters. The van der Waals surface area contributed by atoms with E-state index >= 15 is 0 Å². The third kappa shape index (κ3) is 5.42. The highest BCUT2D eigenvalue weighted by molar-refractivity contribution is 14.1. The second-order valence-corrected chi connectivity index (χ2v) is 2.89. The van der Waals surface area contributed by atoms with Gasteiger partial charge in [-0.1, -0.05) is 22.6 Å². The molecule has 3 heteroatoms. The van der Waals surface area contributed by atoms with E-state index in [2.05, 4.69) is 22.6 Å². The second-order valence-electron chi connectivity index (χ2n) is 0.632. The van der Waals surface area contributed by atoms with Gasteiger partial charge in [-0.05, 0) is 6.92 Å². The van der Waals surface area contributed by atoms with Crippen molar-refractivity contribution in [3.63, 3.8) is 0 Å². The van der Waals surface area contributed by atoms with Gasteiger partial charge in [0.05, 0.1) is 0 Å². The van der Waals surface area contributed by atoms with Crippen LogP contribution in [0.2, 0.25) is 0 Å². The van der Waals surface area contributed by atoms with E-state index in [9.17, 15) is 0 Å². The van der Waals surface area contributed by atoms with Crippen LogP contribution in [0.5, 0.6) is 0 Å². The molecule has 0 radical (unpaired) electrons. The molecule has 0 aromatic rings. The fourth-order valence-electron chi connectivity index (χ4n) is 0. The molecule has 32 valence electrons. The predicted molar refractivity (Wildman–Crippen MR) is 38.6 cm³/mol. The first kappa shape index (κ1) is 6.42. The summed E-state index contributed by atoms with van der Waals surface area (Å²) in [6.07, 6.45) is 0. The zero-order chi connectivity index (χ0) is 4.28. The number of rotatable bonds is 1. The average molecular weight is 298 g/mol. The van der Waals surface area contributed by atoms with Crippen molar-refractivity contribution in [2.75, 3.05) is 0 Å². The zero-order valence-electron chi connectivity index (χ0n) is 2.74. The smallest absolute Gasteiger partial charge is 0.118 e. The quantitative estimate of drug-likeness (QED) is 0.532. The first-order valence-electron chi connectivity index (χ1n) is 1.19. The van der Waals surface area contributed by atoms with E-state index in [4.69, 9.17) is 3.07 Å². The summed E-state index contributed by atoms with van der Waals surface area (Å²) in [5, 5.41) is 0. The number of halogens is 2. The van der Waals surface area contributed by atoms with E-state index in [1.807, 2.05) is 29.9 Å². The third-order valence-corrected chi connectivity index (χ3v) is 2.11. The molecule has 1 nitrogen and oxygen atoms in total. The van der Waals surface area contributed by atoms with Gasteiger partial charge < -0.3 is 3.07 Å². The van der Waals surface area contributed by atoms with Gasteiger partial charge in [0, 0.05) is 0 Å². The van der Waals surface area contributed by atoms with Gasteiger partial charge in [-0.15, -0.1) is 0 Å². The molecule has 0 saturated carbocycles. The van der Waals surface area contributed by atoms with Crippen molar-refractivity contribution >= 4 is 45.6 Å². The molecule has 0 aliphatic carbocycles.